The molecule has 1 fully saturated rings. The molecule has 1 aliphatic rings. The third-order valence-corrected chi connectivity index (χ3v) is 5.88. The number of benzene rings is 2. The largest absolute Gasteiger partial charge is 0.494 e. The van der Waals surface area contributed by atoms with Gasteiger partial charge >= 0.3 is 0 Å². The summed E-state index contributed by atoms with van der Waals surface area (Å²) in [5, 5.41) is 40.8. The van der Waals surface area contributed by atoms with Crippen LogP contribution in [-0.4, -0.2) is 52.0 Å². The molecule has 0 amide bonds. The number of halogens is 1. The molecule has 0 unspecified atom stereocenters. The third kappa shape index (κ3) is 4.50. The number of rotatable bonds is 6. The predicted octanol–water partition coefficient (Wildman–Crippen LogP) is 2.51. The second-order valence-corrected chi connectivity index (χ2v) is 7.77. The van der Waals surface area contributed by atoms with Crippen molar-refractivity contribution in [2.24, 2.45) is 5.92 Å². The van der Waals surface area contributed by atoms with Crippen molar-refractivity contribution in [1.82, 2.24) is 0 Å². The van der Waals surface area contributed by atoms with Crippen LogP contribution in [-0.2, 0) is 6.42 Å². The maximum atomic E-state index is 10.5. The van der Waals surface area contributed by atoms with Gasteiger partial charge in [0.1, 0.15) is 11.9 Å². The Morgan fingerprint density at radius 2 is 1.71 bits per heavy atom. The van der Waals surface area contributed by atoms with E-state index in [-0.39, 0.29) is 12.5 Å². The topological polar surface area (TPSA) is 90.2 Å². The van der Waals surface area contributed by atoms with E-state index >= 15 is 0 Å². The highest BCUT2D eigenvalue weighted by Gasteiger charge is 2.42. The smallest absolute Gasteiger partial charge is 0.119 e. The minimum absolute atomic E-state index is 0.242. The van der Waals surface area contributed by atoms with Crippen molar-refractivity contribution in [3.05, 3.63) is 64.2 Å². The van der Waals surface area contributed by atoms with Crippen molar-refractivity contribution < 1.29 is 25.2 Å². The average molecular weight is 407 g/mol. The fourth-order valence-electron chi connectivity index (χ4n) is 3.89. The van der Waals surface area contributed by atoms with Crippen LogP contribution in [0.15, 0.2) is 42.5 Å². The number of aliphatic hydroxyl groups excluding tert-OH is 4. The summed E-state index contributed by atoms with van der Waals surface area (Å²) in [6.07, 6.45) is -2.51. The summed E-state index contributed by atoms with van der Waals surface area (Å²) in [5.74, 6) is -0.0421. The molecule has 28 heavy (non-hydrogen) atoms. The van der Waals surface area contributed by atoms with E-state index in [2.05, 4.69) is 0 Å². The number of hydrogen-bond donors (Lipinski definition) is 4. The third-order valence-electron chi connectivity index (χ3n) is 5.51. The first-order valence-corrected chi connectivity index (χ1v) is 9.97. The number of aliphatic hydroxyl groups is 4. The molecule has 0 radical (unpaired) electrons. The second-order valence-electron chi connectivity index (χ2n) is 7.36. The van der Waals surface area contributed by atoms with Crippen LogP contribution in [0.2, 0.25) is 5.02 Å². The van der Waals surface area contributed by atoms with Gasteiger partial charge in [-0.15, -0.1) is 0 Å². The highest BCUT2D eigenvalue weighted by atomic mass is 35.5. The predicted molar refractivity (Wildman–Crippen MR) is 108 cm³/mol. The van der Waals surface area contributed by atoms with E-state index in [1.165, 1.54) is 0 Å². The van der Waals surface area contributed by atoms with Gasteiger partial charge in [0.05, 0.1) is 18.8 Å². The van der Waals surface area contributed by atoms with Gasteiger partial charge in [0.2, 0.25) is 0 Å². The molecule has 6 heteroatoms. The van der Waals surface area contributed by atoms with Crippen molar-refractivity contribution in [3.8, 4) is 5.75 Å². The monoisotopic (exact) mass is 406 g/mol. The van der Waals surface area contributed by atoms with Crippen molar-refractivity contribution in [2.75, 3.05) is 13.2 Å². The first-order chi connectivity index (χ1) is 13.4. The normalized spacial score (nSPS) is 27.6. The van der Waals surface area contributed by atoms with Crippen LogP contribution >= 0.6 is 11.6 Å². The lowest BCUT2D eigenvalue weighted by Gasteiger charge is -2.40. The number of ether oxygens (including phenoxy) is 1. The van der Waals surface area contributed by atoms with Crippen LogP contribution in [0.4, 0.5) is 0 Å². The molecule has 5 nitrogen and oxygen atoms in total. The van der Waals surface area contributed by atoms with Gasteiger partial charge in [-0.05, 0) is 54.7 Å². The molecule has 0 heterocycles. The van der Waals surface area contributed by atoms with Crippen LogP contribution in [0.25, 0.3) is 0 Å². The molecule has 0 bridgehead atoms. The van der Waals surface area contributed by atoms with E-state index in [9.17, 15) is 20.4 Å². The maximum absolute atomic E-state index is 10.5. The molecule has 0 aromatic heterocycles. The van der Waals surface area contributed by atoms with Gasteiger partial charge in [0.15, 0.2) is 0 Å². The lowest BCUT2D eigenvalue weighted by molar-refractivity contribution is -0.127. The Morgan fingerprint density at radius 3 is 2.36 bits per heavy atom. The Morgan fingerprint density at radius 1 is 1.00 bits per heavy atom. The number of hydrogen-bond acceptors (Lipinski definition) is 5. The highest BCUT2D eigenvalue weighted by molar-refractivity contribution is 6.31. The van der Waals surface area contributed by atoms with Crippen LogP contribution in [0.5, 0.6) is 5.75 Å². The highest BCUT2D eigenvalue weighted by Crippen LogP contribution is 2.38. The van der Waals surface area contributed by atoms with E-state index in [0.717, 1.165) is 22.4 Å². The van der Waals surface area contributed by atoms with Gasteiger partial charge in [0.25, 0.3) is 0 Å². The molecule has 2 aromatic rings. The zero-order chi connectivity index (χ0) is 20.3. The average Bonchev–Trinajstić information content (AvgIpc) is 2.70. The Hall–Kier alpha value is -1.63. The lowest BCUT2D eigenvalue weighted by atomic mass is 9.73. The molecular formula is C22H27ClO5. The minimum Gasteiger partial charge on any atom is -0.494 e. The zero-order valence-electron chi connectivity index (χ0n) is 15.8. The van der Waals surface area contributed by atoms with Crippen molar-refractivity contribution >= 4 is 11.6 Å². The van der Waals surface area contributed by atoms with E-state index in [1.54, 1.807) is 6.07 Å². The molecule has 3 rings (SSSR count). The van der Waals surface area contributed by atoms with Crippen molar-refractivity contribution in [1.29, 1.82) is 0 Å². The van der Waals surface area contributed by atoms with Crippen LogP contribution < -0.4 is 4.74 Å². The van der Waals surface area contributed by atoms with Gasteiger partial charge in [0, 0.05) is 23.5 Å². The van der Waals surface area contributed by atoms with Crippen LogP contribution in [0, 0.1) is 5.92 Å². The molecule has 1 saturated carbocycles. The molecule has 152 valence electrons. The van der Waals surface area contributed by atoms with Crippen LogP contribution in [0.1, 0.15) is 36.0 Å². The molecule has 5 atom stereocenters. The molecule has 1 aliphatic carbocycles. The summed E-state index contributed by atoms with van der Waals surface area (Å²) >= 11 is 6.39. The van der Waals surface area contributed by atoms with E-state index in [4.69, 9.17) is 16.3 Å². The van der Waals surface area contributed by atoms with Gasteiger partial charge in [-0.3, -0.25) is 0 Å². The van der Waals surface area contributed by atoms with E-state index < -0.39 is 24.2 Å². The first kappa shape index (κ1) is 21.1. The molecule has 2 aromatic carbocycles. The fourth-order valence-corrected chi connectivity index (χ4v) is 4.07. The van der Waals surface area contributed by atoms with E-state index in [1.807, 2.05) is 43.3 Å². The molecular weight excluding hydrogens is 380 g/mol. The van der Waals surface area contributed by atoms with Crippen molar-refractivity contribution in [2.45, 2.75) is 44.0 Å². The summed E-state index contributed by atoms with van der Waals surface area (Å²) in [7, 11) is 0. The first-order valence-electron chi connectivity index (χ1n) is 9.59. The summed E-state index contributed by atoms with van der Waals surface area (Å²) in [4.78, 5) is 0. The quantitative estimate of drug-likeness (QED) is 0.591. The molecule has 0 spiro atoms. The molecule has 4 N–H and O–H groups in total. The summed E-state index contributed by atoms with van der Waals surface area (Å²) in [6.45, 7) is 2.32. The van der Waals surface area contributed by atoms with Gasteiger partial charge in [-0.1, -0.05) is 35.9 Å². The molecule has 0 aliphatic heterocycles. The van der Waals surface area contributed by atoms with Crippen LogP contribution in [0.3, 0.4) is 0 Å². The Bertz CT molecular complexity index is 777. The standard InChI is InChI=1S/C22H27ClO5/c1-2-28-17-6-3-13(4-7-17)9-15-10-14(5-8-19(15)23)18-11-16(12-24)20(25)22(27)21(18)26/h3-8,10,16,18,20-22,24-27H,2,9,11-12H2,1H3/t16-,18-,20+,21-,22-/m0/s1. The fraction of sp³-hybridized carbons (Fsp3) is 0.455. The Labute approximate surface area is 170 Å². The second kappa shape index (κ2) is 9.25. The Balaban J connectivity index is 1.82. The lowest BCUT2D eigenvalue weighted by Crippen LogP contribution is -2.51. The minimum atomic E-state index is -1.29. The van der Waals surface area contributed by atoms with Gasteiger partial charge in [-0.2, -0.15) is 0 Å². The molecule has 0 saturated heterocycles. The van der Waals surface area contributed by atoms with Crippen molar-refractivity contribution in [3.63, 3.8) is 0 Å². The zero-order valence-corrected chi connectivity index (χ0v) is 16.6. The summed E-state index contributed by atoms with van der Waals surface area (Å²) < 4.78 is 5.47. The van der Waals surface area contributed by atoms with E-state index in [0.29, 0.717) is 24.5 Å². The summed E-state index contributed by atoms with van der Waals surface area (Å²) in [5.41, 5.74) is 2.83. The maximum Gasteiger partial charge on any atom is 0.119 e. The van der Waals surface area contributed by atoms with Gasteiger partial charge < -0.3 is 25.2 Å². The van der Waals surface area contributed by atoms with Gasteiger partial charge in [-0.25, -0.2) is 0 Å². The summed E-state index contributed by atoms with van der Waals surface area (Å²) in [6, 6.07) is 13.4. The SMILES string of the molecule is CCOc1ccc(Cc2cc([C@@H]3C[C@@H](CO)[C@@H](O)[C@H](O)[C@H]3O)ccc2Cl)cc1. The Kier molecular flexibility index (Phi) is 6.96.